The van der Waals surface area contributed by atoms with Crippen LogP contribution >= 0.6 is 15.9 Å². The van der Waals surface area contributed by atoms with E-state index in [0.717, 1.165) is 28.6 Å². The Hall–Kier alpha value is -0.870. The molecule has 2 aliphatic heterocycles. The lowest BCUT2D eigenvalue weighted by Crippen LogP contribution is -2.42. The second-order valence-electron chi connectivity index (χ2n) is 6.32. The number of benzene rings is 1. The predicted molar refractivity (Wildman–Crippen MR) is 86.7 cm³/mol. The number of methoxy groups -OCH3 is 1. The van der Waals surface area contributed by atoms with Gasteiger partial charge in [0.15, 0.2) is 0 Å². The van der Waals surface area contributed by atoms with Crippen LogP contribution in [0.1, 0.15) is 31.2 Å². The van der Waals surface area contributed by atoms with Crippen LogP contribution < -0.4 is 4.74 Å². The molecular formula is C17H22BrNO2. The summed E-state index contributed by atoms with van der Waals surface area (Å²) in [7, 11) is 3.87. The van der Waals surface area contributed by atoms with Crippen molar-refractivity contribution in [1.82, 2.24) is 4.90 Å². The molecule has 2 unspecified atom stereocenters. The molecule has 2 atom stereocenters. The third kappa shape index (κ3) is 3.02. The second-order valence-corrected chi connectivity index (χ2v) is 7.23. The molecule has 2 saturated heterocycles. The average Bonchev–Trinajstić information content (AvgIpc) is 2.69. The summed E-state index contributed by atoms with van der Waals surface area (Å²) in [6, 6.07) is 7.10. The van der Waals surface area contributed by atoms with Crippen molar-refractivity contribution in [3.63, 3.8) is 0 Å². The average molecular weight is 352 g/mol. The highest BCUT2D eigenvalue weighted by atomic mass is 79.9. The molecule has 114 valence electrons. The van der Waals surface area contributed by atoms with Crippen LogP contribution in [0, 0.1) is 5.92 Å². The minimum Gasteiger partial charge on any atom is -0.496 e. The maximum atomic E-state index is 12.7. The Labute approximate surface area is 134 Å². The summed E-state index contributed by atoms with van der Waals surface area (Å²) in [5.74, 6) is 1.40. The van der Waals surface area contributed by atoms with E-state index in [1.807, 2.05) is 18.2 Å². The van der Waals surface area contributed by atoms with Crippen LogP contribution in [-0.2, 0) is 11.2 Å². The number of carbonyl (C=O) groups is 1. The van der Waals surface area contributed by atoms with Gasteiger partial charge in [-0.1, -0.05) is 15.9 Å². The van der Waals surface area contributed by atoms with Gasteiger partial charge in [-0.3, -0.25) is 4.79 Å². The van der Waals surface area contributed by atoms with Crippen LogP contribution in [0.4, 0.5) is 0 Å². The highest BCUT2D eigenvalue weighted by molar-refractivity contribution is 9.10. The minimum atomic E-state index is 0.224. The zero-order valence-electron chi connectivity index (χ0n) is 12.6. The smallest absolute Gasteiger partial charge is 0.140 e. The maximum Gasteiger partial charge on any atom is 0.140 e. The molecule has 0 radical (unpaired) electrons. The first-order chi connectivity index (χ1) is 10.1. The van der Waals surface area contributed by atoms with E-state index in [-0.39, 0.29) is 5.92 Å². The van der Waals surface area contributed by atoms with Crippen molar-refractivity contribution in [2.45, 2.75) is 44.2 Å². The second kappa shape index (κ2) is 6.09. The van der Waals surface area contributed by atoms with E-state index in [4.69, 9.17) is 4.74 Å². The molecule has 3 nitrogen and oxygen atoms in total. The molecule has 2 fully saturated rings. The number of ketones is 1. The van der Waals surface area contributed by atoms with E-state index in [2.05, 4.69) is 27.9 Å². The first kappa shape index (κ1) is 15.0. The quantitative estimate of drug-likeness (QED) is 0.831. The molecular weight excluding hydrogens is 330 g/mol. The Morgan fingerprint density at radius 3 is 2.62 bits per heavy atom. The van der Waals surface area contributed by atoms with E-state index in [0.29, 0.717) is 24.3 Å². The van der Waals surface area contributed by atoms with Gasteiger partial charge in [0, 0.05) is 34.5 Å². The van der Waals surface area contributed by atoms with Crippen molar-refractivity contribution < 1.29 is 9.53 Å². The summed E-state index contributed by atoms with van der Waals surface area (Å²) in [5, 5.41) is 0. The third-order valence-corrected chi connectivity index (χ3v) is 5.65. The number of piperidine rings is 1. The SMILES string of the molecule is COc1ccc(Br)cc1CC(=O)C1CC2CCC(C1)N2C. The van der Waals surface area contributed by atoms with Crippen LogP contribution in [0.5, 0.6) is 5.75 Å². The number of fused-ring (bicyclic) bond motifs is 2. The molecule has 0 N–H and O–H groups in total. The monoisotopic (exact) mass is 351 g/mol. The van der Waals surface area contributed by atoms with Gasteiger partial charge in [-0.25, -0.2) is 0 Å². The van der Waals surface area contributed by atoms with Gasteiger partial charge in [-0.2, -0.15) is 0 Å². The van der Waals surface area contributed by atoms with Crippen molar-refractivity contribution in [3.05, 3.63) is 28.2 Å². The van der Waals surface area contributed by atoms with Gasteiger partial charge < -0.3 is 9.64 Å². The first-order valence-corrected chi connectivity index (χ1v) is 8.45. The number of ether oxygens (including phenoxy) is 1. The fourth-order valence-electron chi connectivity index (χ4n) is 3.89. The van der Waals surface area contributed by atoms with Gasteiger partial charge in [0.05, 0.1) is 7.11 Å². The summed E-state index contributed by atoms with van der Waals surface area (Å²) < 4.78 is 6.37. The van der Waals surface area contributed by atoms with Crippen LogP contribution in [0.3, 0.4) is 0 Å². The van der Waals surface area contributed by atoms with E-state index in [9.17, 15) is 4.79 Å². The van der Waals surface area contributed by atoms with Crippen molar-refractivity contribution in [3.8, 4) is 5.75 Å². The van der Waals surface area contributed by atoms with Crippen molar-refractivity contribution in [2.24, 2.45) is 5.92 Å². The third-order valence-electron chi connectivity index (χ3n) is 5.16. The number of nitrogens with zero attached hydrogens (tertiary/aromatic N) is 1. The lowest BCUT2D eigenvalue weighted by molar-refractivity contribution is -0.124. The highest BCUT2D eigenvalue weighted by Gasteiger charge is 2.40. The Balaban J connectivity index is 1.71. The molecule has 2 bridgehead atoms. The van der Waals surface area contributed by atoms with Crippen LogP contribution in [-0.4, -0.2) is 36.9 Å². The molecule has 0 saturated carbocycles. The Bertz CT molecular complexity index is 532. The van der Waals surface area contributed by atoms with E-state index in [1.165, 1.54) is 12.8 Å². The van der Waals surface area contributed by atoms with Gasteiger partial charge >= 0.3 is 0 Å². The topological polar surface area (TPSA) is 29.5 Å². The summed E-state index contributed by atoms with van der Waals surface area (Å²) in [4.78, 5) is 15.2. The van der Waals surface area contributed by atoms with Crippen LogP contribution in [0.15, 0.2) is 22.7 Å². The summed E-state index contributed by atoms with van der Waals surface area (Å²) in [6.45, 7) is 0. The van der Waals surface area contributed by atoms with Crippen LogP contribution in [0.2, 0.25) is 0 Å². The Kier molecular flexibility index (Phi) is 4.36. The molecule has 3 rings (SSSR count). The van der Waals surface area contributed by atoms with Crippen molar-refractivity contribution in [2.75, 3.05) is 14.2 Å². The van der Waals surface area contributed by atoms with Gasteiger partial charge in [0.1, 0.15) is 11.5 Å². The number of hydrogen-bond donors (Lipinski definition) is 0. The fourth-order valence-corrected chi connectivity index (χ4v) is 4.30. The Morgan fingerprint density at radius 1 is 1.33 bits per heavy atom. The number of carbonyl (C=O) groups excluding carboxylic acids is 1. The Morgan fingerprint density at radius 2 is 2.00 bits per heavy atom. The molecule has 0 amide bonds. The van der Waals surface area contributed by atoms with E-state index in [1.54, 1.807) is 7.11 Å². The molecule has 0 aromatic heterocycles. The van der Waals surface area contributed by atoms with Crippen LogP contribution in [0.25, 0.3) is 0 Å². The summed E-state index contributed by atoms with van der Waals surface area (Å²) >= 11 is 3.47. The number of rotatable bonds is 4. The fraction of sp³-hybridized carbons (Fsp3) is 0.588. The number of hydrogen-bond acceptors (Lipinski definition) is 3. The van der Waals surface area contributed by atoms with Gasteiger partial charge in [0.25, 0.3) is 0 Å². The van der Waals surface area contributed by atoms with Crippen molar-refractivity contribution >= 4 is 21.7 Å². The zero-order chi connectivity index (χ0) is 15.0. The van der Waals surface area contributed by atoms with Gasteiger partial charge in [-0.15, -0.1) is 0 Å². The van der Waals surface area contributed by atoms with Crippen molar-refractivity contribution in [1.29, 1.82) is 0 Å². The van der Waals surface area contributed by atoms with E-state index < -0.39 is 0 Å². The largest absolute Gasteiger partial charge is 0.496 e. The first-order valence-electron chi connectivity index (χ1n) is 7.65. The van der Waals surface area contributed by atoms with Gasteiger partial charge in [0.2, 0.25) is 0 Å². The number of halogens is 1. The number of Topliss-reactive ketones (excluding diaryl/α,β-unsaturated/α-hetero) is 1. The molecule has 0 spiro atoms. The molecule has 1 aromatic carbocycles. The predicted octanol–water partition coefficient (Wildman–Crippen LogP) is 3.44. The zero-order valence-corrected chi connectivity index (χ0v) is 14.2. The summed E-state index contributed by atoms with van der Waals surface area (Å²) in [5.41, 5.74) is 0.989. The standard InChI is InChI=1S/C17H22BrNO2/c1-19-14-4-5-15(19)9-11(8-14)16(20)10-12-7-13(18)3-6-17(12)21-2/h3,6-7,11,14-15H,4-5,8-10H2,1-2H3. The maximum absolute atomic E-state index is 12.7. The minimum absolute atomic E-state index is 0.224. The van der Waals surface area contributed by atoms with E-state index >= 15 is 0 Å². The molecule has 2 aliphatic rings. The van der Waals surface area contributed by atoms with Gasteiger partial charge in [-0.05, 0) is 50.9 Å². The molecule has 1 aromatic rings. The molecule has 2 heterocycles. The highest BCUT2D eigenvalue weighted by Crippen LogP contribution is 2.38. The lowest BCUT2D eigenvalue weighted by Gasteiger charge is -2.35. The summed E-state index contributed by atoms with van der Waals surface area (Å²) in [6.07, 6.45) is 5.05. The lowest BCUT2D eigenvalue weighted by atomic mass is 9.85. The molecule has 21 heavy (non-hydrogen) atoms. The normalized spacial score (nSPS) is 28.6. The molecule has 4 heteroatoms. The molecule has 0 aliphatic carbocycles.